The topological polar surface area (TPSA) is 20.3 Å². The van der Waals surface area contributed by atoms with Gasteiger partial charge in [-0.1, -0.05) is 57.4 Å². The van der Waals surface area contributed by atoms with E-state index in [1.165, 1.54) is 31.2 Å². The third-order valence-electron chi connectivity index (χ3n) is 4.65. The second kappa shape index (κ2) is 8.17. The molecule has 1 aromatic carbocycles. The normalized spacial score (nSPS) is 20.0. The fourth-order valence-corrected chi connectivity index (χ4v) is 3.28. The summed E-state index contributed by atoms with van der Waals surface area (Å²) in [5, 5.41) is 0. The number of unbranched alkanes of at least 4 members (excludes halogenated alkanes) is 2. The minimum atomic E-state index is 0.227. The van der Waals surface area contributed by atoms with Crippen molar-refractivity contribution in [2.24, 2.45) is 0 Å². The van der Waals surface area contributed by atoms with E-state index in [0.717, 1.165) is 12.1 Å². The molecule has 1 saturated heterocycles. The van der Waals surface area contributed by atoms with Crippen LogP contribution in [0.1, 0.15) is 70.8 Å². The van der Waals surface area contributed by atoms with Crippen molar-refractivity contribution in [3.63, 3.8) is 0 Å². The van der Waals surface area contributed by atoms with E-state index in [4.69, 9.17) is 0 Å². The first kappa shape index (κ1) is 16.8. The zero-order chi connectivity index (χ0) is 15.9. The van der Waals surface area contributed by atoms with Crippen LogP contribution >= 0.6 is 0 Å². The number of rotatable bonds is 7. The number of hydrogen-bond acceptors (Lipinski definition) is 1. The maximum Gasteiger partial charge on any atom is 0.227 e. The summed E-state index contributed by atoms with van der Waals surface area (Å²) in [4.78, 5) is 14.1. The van der Waals surface area contributed by atoms with E-state index in [2.05, 4.69) is 44.2 Å². The monoisotopic (exact) mass is 299 g/mol. The molecule has 2 atom stereocenters. The smallest absolute Gasteiger partial charge is 0.227 e. The lowest BCUT2D eigenvalue weighted by Crippen LogP contribution is -2.31. The van der Waals surface area contributed by atoms with E-state index in [0.29, 0.717) is 12.3 Å². The fourth-order valence-electron chi connectivity index (χ4n) is 3.28. The van der Waals surface area contributed by atoms with E-state index in [-0.39, 0.29) is 11.9 Å². The van der Waals surface area contributed by atoms with E-state index in [1.54, 1.807) is 0 Å². The number of carbonyl (C=O) groups is 1. The van der Waals surface area contributed by atoms with Gasteiger partial charge in [0.1, 0.15) is 0 Å². The molecule has 0 radical (unpaired) electrons. The molecule has 2 unspecified atom stereocenters. The Morgan fingerprint density at radius 2 is 2.00 bits per heavy atom. The average molecular weight is 299 g/mol. The van der Waals surface area contributed by atoms with E-state index < -0.39 is 0 Å². The Morgan fingerprint density at radius 1 is 1.27 bits per heavy atom. The number of allylic oxidation sites excluding steroid dienone is 1. The van der Waals surface area contributed by atoms with Crippen molar-refractivity contribution in [1.29, 1.82) is 0 Å². The first-order valence-electron chi connectivity index (χ1n) is 8.72. The summed E-state index contributed by atoms with van der Waals surface area (Å²) in [5.41, 5.74) is 2.42. The number of hydrogen-bond donors (Lipinski definition) is 0. The number of nitrogens with zero attached hydrogens (tertiary/aromatic N) is 1. The Morgan fingerprint density at radius 3 is 2.64 bits per heavy atom. The molecule has 1 amide bonds. The molecule has 1 aliphatic rings. The summed E-state index contributed by atoms with van der Waals surface area (Å²) >= 11 is 0. The molecule has 1 fully saturated rings. The van der Waals surface area contributed by atoms with Crippen molar-refractivity contribution in [3.05, 3.63) is 42.0 Å². The largest absolute Gasteiger partial charge is 0.306 e. The molecule has 0 aromatic heterocycles. The van der Waals surface area contributed by atoms with E-state index in [1.807, 2.05) is 17.9 Å². The molecule has 1 aliphatic heterocycles. The predicted octanol–water partition coefficient (Wildman–Crippen LogP) is 5.44. The van der Waals surface area contributed by atoms with Crippen LogP contribution in [0, 0.1) is 0 Å². The summed E-state index contributed by atoms with van der Waals surface area (Å²) in [5.74, 6) is 0.841. The molecule has 0 N–H and O–H groups in total. The molecule has 22 heavy (non-hydrogen) atoms. The zero-order valence-electron chi connectivity index (χ0n) is 14.2. The predicted molar refractivity (Wildman–Crippen MR) is 94.3 cm³/mol. The standard InChI is InChI=1S/C20H29NO/c1-4-6-7-9-16(3)17-10-12-19(13-11-17)21-18(8-5-2)14-15-20(21)22/h5,8,10-13,16,18H,4,6-7,9,14-15H2,1-3H3/b8-5+. The Bertz CT molecular complexity index is 503. The van der Waals surface area contributed by atoms with Gasteiger partial charge in [-0.3, -0.25) is 4.79 Å². The van der Waals surface area contributed by atoms with Crippen LogP contribution in [0.4, 0.5) is 5.69 Å². The quantitative estimate of drug-likeness (QED) is 0.485. The molecule has 1 heterocycles. The van der Waals surface area contributed by atoms with Gasteiger partial charge in [-0.2, -0.15) is 0 Å². The molecule has 2 nitrogen and oxygen atoms in total. The lowest BCUT2D eigenvalue weighted by atomic mass is 9.95. The van der Waals surface area contributed by atoms with Gasteiger partial charge in [0.25, 0.3) is 0 Å². The van der Waals surface area contributed by atoms with Crippen molar-refractivity contribution in [3.8, 4) is 0 Å². The van der Waals surface area contributed by atoms with E-state index in [9.17, 15) is 4.79 Å². The highest BCUT2D eigenvalue weighted by atomic mass is 16.2. The second-order valence-electron chi connectivity index (χ2n) is 6.38. The van der Waals surface area contributed by atoms with Crippen LogP contribution in [-0.2, 0) is 4.79 Å². The first-order chi connectivity index (χ1) is 10.7. The van der Waals surface area contributed by atoms with Gasteiger partial charge >= 0.3 is 0 Å². The van der Waals surface area contributed by atoms with Crippen LogP contribution in [0.5, 0.6) is 0 Å². The minimum absolute atomic E-state index is 0.227. The summed E-state index contributed by atoms with van der Waals surface area (Å²) in [6.07, 6.45) is 10.9. The van der Waals surface area contributed by atoms with Gasteiger partial charge in [-0.25, -0.2) is 0 Å². The minimum Gasteiger partial charge on any atom is -0.306 e. The van der Waals surface area contributed by atoms with Crippen molar-refractivity contribution >= 4 is 11.6 Å². The van der Waals surface area contributed by atoms with Gasteiger partial charge in [0, 0.05) is 12.1 Å². The van der Waals surface area contributed by atoms with Crippen LogP contribution in [0.15, 0.2) is 36.4 Å². The third-order valence-corrected chi connectivity index (χ3v) is 4.65. The number of benzene rings is 1. The highest BCUT2D eigenvalue weighted by Gasteiger charge is 2.30. The van der Waals surface area contributed by atoms with Gasteiger partial charge in [-0.05, 0) is 43.4 Å². The molecule has 120 valence electrons. The molecular formula is C20H29NO. The highest BCUT2D eigenvalue weighted by molar-refractivity contribution is 5.96. The van der Waals surface area contributed by atoms with Gasteiger partial charge < -0.3 is 4.90 Å². The van der Waals surface area contributed by atoms with Gasteiger partial charge in [0.05, 0.1) is 6.04 Å². The fraction of sp³-hybridized carbons (Fsp3) is 0.550. The third kappa shape index (κ3) is 4.00. The van der Waals surface area contributed by atoms with Gasteiger partial charge in [0.15, 0.2) is 0 Å². The number of carbonyl (C=O) groups excluding carboxylic acids is 1. The lowest BCUT2D eigenvalue weighted by molar-refractivity contribution is -0.117. The number of anilines is 1. The van der Waals surface area contributed by atoms with Crippen molar-refractivity contribution < 1.29 is 4.79 Å². The Labute approximate surface area is 135 Å². The van der Waals surface area contributed by atoms with Crippen LogP contribution in [0.25, 0.3) is 0 Å². The van der Waals surface area contributed by atoms with E-state index >= 15 is 0 Å². The molecule has 0 spiro atoms. The second-order valence-corrected chi connectivity index (χ2v) is 6.38. The van der Waals surface area contributed by atoms with Gasteiger partial charge in [-0.15, -0.1) is 0 Å². The Hall–Kier alpha value is -1.57. The maximum absolute atomic E-state index is 12.1. The Kier molecular flexibility index (Phi) is 6.23. The molecule has 0 bridgehead atoms. The molecule has 1 aromatic rings. The zero-order valence-corrected chi connectivity index (χ0v) is 14.2. The van der Waals surface area contributed by atoms with Crippen LogP contribution < -0.4 is 4.90 Å². The lowest BCUT2D eigenvalue weighted by Gasteiger charge is -2.23. The molecular weight excluding hydrogens is 270 g/mol. The van der Waals surface area contributed by atoms with Gasteiger partial charge in [0.2, 0.25) is 5.91 Å². The number of amides is 1. The molecule has 0 saturated carbocycles. The average Bonchev–Trinajstić information content (AvgIpc) is 2.89. The summed E-state index contributed by atoms with van der Waals surface area (Å²) in [6, 6.07) is 8.86. The summed E-state index contributed by atoms with van der Waals surface area (Å²) < 4.78 is 0. The molecule has 2 heteroatoms. The Balaban J connectivity index is 2.06. The van der Waals surface area contributed by atoms with Crippen molar-refractivity contribution in [2.45, 2.75) is 71.3 Å². The van der Waals surface area contributed by atoms with Crippen molar-refractivity contribution in [1.82, 2.24) is 0 Å². The maximum atomic E-state index is 12.1. The summed E-state index contributed by atoms with van der Waals surface area (Å²) in [6.45, 7) is 6.56. The molecule has 2 rings (SSSR count). The first-order valence-corrected chi connectivity index (χ1v) is 8.72. The molecule has 0 aliphatic carbocycles. The van der Waals surface area contributed by atoms with Crippen LogP contribution in [0.3, 0.4) is 0 Å². The van der Waals surface area contributed by atoms with Crippen LogP contribution in [0.2, 0.25) is 0 Å². The summed E-state index contributed by atoms with van der Waals surface area (Å²) in [7, 11) is 0. The SMILES string of the molecule is C/C=C/C1CCC(=O)N1c1ccc(C(C)CCCCC)cc1. The van der Waals surface area contributed by atoms with Crippen LogP contribution in [-0.4, -0.2) is 11.9 Å². The van der Waals surface area contributed by atoms with Crippen molar-refractivity contribution in [2.75, 3.05) is 4.90 Å². The highest BCUT2D eigenvalue weighted by Crippen LogP contribution is 2.30.